The van der Waals surface area contributed by atoms with Crippen LogP contribution in [0.15, 0.2) is 0 Å². The normalized spacial score (nSPS) is 32.1. The van der Waals surface area contributed by atoms with E-state index < -0.39 is 61.9 Å². The van der Waals surface area contributed by atoms with E-state index in [0.717, 1.165) is 0 Å². The van der Waals surface area contributed by atoms with Gasteiger partial charge in [0.1, 0.15) is 30.3 Å². The number of aliphatic hydroxyl groups excluding tert-OH is 5. The number of hydrogen-bond donors (Lipinski definition) is 5. The second-order valence-electron chi connectivity index (χ2n) is 5.23. The molecule has 0 aromatic rings. The predicted molar refractivity (Wildman–Crippen MR) is 67.1 cm³/mol. The van der Waals surface area contributed by atoms with Crippen LogP contribution >= 0.6 is 0 Å². The summed E-state index contributed by atoms with van der Waals surface area (Å²) in [5, 5.41) is 46.9. The fraction of sp³-hybridized carbons (Fsp3) is 0.833. The summed E-state index contributed by atoms with van der Waals surface area (Å²) >= 11 is 0. The topological polar surface area (TPSA) is 163 Å². The highest BCUT2D eigenvalue weighted by atomic mass is 16.7. The van der Waals surface area contributed by atoms with Gasteiger partial charge in [-0.25, -0.2) is 0 Å². The number of hydrogen-bond acceptors (Lipinski definition) is 10. The van der Waals surface area contributed by atoms with E-state index in [2.05, 4.69) is 4.74 Å². The SMILES string of the molecule is CC(CO)(COC=O)C(=O)O[C@H]1C(C(O)CO)O[C@H](O)[C@@H]1O. The molecule has 5 N–H and O–H groups in total. The second kappa shape index (κ2) is 7.81. The highest BCUT2D eigenvalue weighted by Crippen LogP contribution is 2.28. The Labute approximate surface area is 125 Å². The molecular weight excluding hydrogens is 304 g/mol. The molecule has 1 aliphatic rings. The molecule has 1 rings (SSSR count). The summed E-state index contributed by atoms with van der Waals surface area (Å²) in [6, 6.07) is 0. The standard InChI is InChI=1S/C12H20O10/c1-12(3-14,4-20-5-15)11(19)22-9-7(17)10(18)21-8(9)6(16)2-13/h5-10,13-14,16-18H,2-4H2,1H3/t6?,7-,8?,9-,10+,12?/m1/s1. The Morgan fingerprint density at radius 3 is 2.55 bits per heavy atom. The first-order valence-corrected chi connectivity index (χ1v) is 6.48. The van der Waals surface area contributed by atoms with Gasteiger partial charge in [-0.1, -0.05) is 0 Å². The molecule has 10 nitrogen and oxygen atoms in total. The molecule has 0 amide bonds. The molecule has 3 unspecified atom stereocenters. The van der Waals surface area contributed by atoms with Gasteiger partial charge in [0.15, 0.2) is 12.4 Å². The number of carbonyl (C=O) groups is 2. The van der Waals surface area contributed by atoms with E-state index in [1.165, 1.54) is 6.92 Å². The maximum Gasteiger partial charge on any atom is 0.318 e. The molecule has 1 saturated heterocycles. The van der Waals surface area contributed by atoms with Crippen molar-refractivity contribution in [2.24, 2.45) is 5.41 Å². The summed E-state index contributed by atoms with van der Waals surface area (Å²) < 4.78 is 14.3. The lowest BCUT2D eigenvalue weighted by molar-refractivity contribution is -0.177. The van der Waals surface area contributed by atoms with Crippen LogP contribution in [-0.2, 0) is 23.8 Å². The number of ether oxygens (including phenoxy) is 3. The Balaban J connectivity index is 2.84. The molecule has 1 heterocycles. The van der Waals surface area contributed by atoms with Crippen LogP contribution in [0.2, 0.25) is 0 Å². The van der Waals surface area contributed by atoms with Gasteiger partial charge in [0.25, 0.3) is 6.47 Å². The van der Waals surface area contributed by atoms with E-state index in [9.17, 15) is 30.0 Å². The van der Waals surface area contributed by atoms with E-state index in [4.69, 9.17) is 14.6 Å². The third kappa shape index (κ3) is 3.91. The molecule has 0 aromatic carbocycles. The number of rotatable bonds is 8. The van der Waals surface area contributed by atoms with Gasteiger partial charge in [0.2, 0.25) is 0 Å². The molecule has 1 aliphatic heterocycles. The lowest BCUT2D eigenvalue weighted by atomic mass is 9.93. The van der Waals surface area contributed by atoms with Crippen molar-refractivity contribution in [3.8, 4) is 0 Å². The van der Waals surface area contributed by atoms with E-state index in [1.807, 2.05) is 0 Å². The number of aliphatic hydroxyl groups is 5. The van der Waals surface area contributed by atoms with Crippen LogP contribution in [-0.4, -0.2) is 88.5 Å². The van der Waals surface area contributed by atoms with Crippen LogP contribution in [0.25, 0.3) is 0 Å². The highest BCUT2D eigenvalue weighted by Gasteiger charge is 2.50. The van der Waals surface area contributed by atoms with Gasteiger partial charge in [-0.15, -0.1) is 0 Å². The van der Waals surface area contributed by atoms with Crippen molar-refractivity contribution in [1.29, 1.82) is 0 Å². The molecule has 22 heavy (non-hydrogen) atoms. The lowest BCUT2D eigenvalue weighted by Crippen LogP contribution is -2.47. The predicted octanol–water partition coefficient (Wildman–Crippen LogP) is -3.50. The van der Waals surface area contributed by atoms with Crippen LogP contribution in [0, 0.1) is 5.41 Å². The Kier molecular flexibility index (Phi) is 6.66. The van der Waals surface area contributed by atoms with Crippen LogP contribution in [0.5, 0.6) is 0 Å². The Hall–Kier alpha value is -1.30. The third-order valence-electron chi connectivity index (χ3n) is 3.37. The summed E-state index contributed by atoms with van der Waals surface area (Å²) in [4.78, 5) is 22.3. The smallest absolute Gasteiger partial charge is 0.318 e. The zero-order chi connectivity index (χ0) is 16.9. The molecule has 6 atom stereocenters. The zero-order valence-electron chi connectivity index (χ0n) is 11.9. The van der Waals surface area contributed by atoms with Gasteiger partial charge in [0, 0.05) is 0 Å². The molecule has 1 fully saturated rings. The molecule has 10 heteroatoms. The van der Waals surface area contributed by atoms with Gasteiger partial charge in [0.05, 0.1) is 13.2 Å². The van der Waals surface area contributed by atoms with Crippen molar-refractivity contribution in [3.63, 3.8) is 0 Å². The first-order valence-electron chi connectivity index (χ1n) is 6.48. The third-order valence-corrected chi connectivity index (χ3v) is 3.37. The minimum Gasteiger partial charge on any atom is -0.467 e. The summed E-state index contributed by atoms with van der Waals surface area (Å²) in [5.74, 6) is -1.03. The molecule has 128 valence electrons. The molecule has 0 spiro atoms. The van der Waals surface area contributed by atoms with E-state index >= 15 is 0 Å². The molecule has 0 aromatic heterocycles. The van der Waals surface area contributed by atoms with Crippen molar-refractivity contribution >= 4 is 12.4 Å². The van der Waals surface area contributed by atoms with Crippen LogP contribution < -0.4 is 0 Å². The molecule has 0 aliphatic carbocycles. The average molecular weight is 324 g/mol. The van der Waals surface area contributed by atoms with E-state index in [1.54, 1.807) is 0 Å². The number of esters is 1. The summed E-state index contributed by atoms with van der Waals surface area (Å²) in [5.41, 5.74) is -1.59. The van der Waals surface area contributed by atoms with E-state index in [-0.39, 0.29) is 6.47 Å². The molecule has 0 radical (unpaired) electrons. The molecule has 0 bridgehead atoms. The quantitative estimate of drug-likeness (QED) is 0.223. The van der Waals surface area contributed by atoms with Crippen molar-refractivity contribution in [2.45, 2.75) is 37.6 Å². The first-order chi connectivity index (χ1) is 10.3. The van der Waals surface area contributed by atoms with E-state index in [0.29, 0.717) is 0 Å². The first kappa shape index (κ1) is 18.7. The maximum absolute atomic E-state index is 12.1. The van der Waals surface area contributed by atoms with Crippen LogP contribution in [0.1, 0.15) is 6.92 Å². The average Bonchev–Trinajstić information content (AvgIpc) is 2.80. The zero-order valence-corrected chi connectivity index (χ0v) is 11.9. The van der Waals surface area contributed by atoms with Gasteiger partial charge in [-0.3, -0.25) is 9.59 Å². The summed E-state index contributed by atoms with van der Waals surface area (Å²) in [7, 11) is 0. The van der Waals surface area contributed by atoms with Gasteiger partial charge in [-0.05, 0) is 6.92 Å². The van der Waals surface area contributed by atoms with Crippen LogP contribution in [0.3, 0.4) is 0 Å². The van der Waals surface area contributed by atoms with Crippen LogP contribution in [0.4, 0.5) is 0 Å². The minimum atomic E-state index is -1.71. The summed E-state index contributed by atoms with van der Waals surface area (Å²) in [6.07, 6.45) is -7.68. The number of carbonyl (C=O) groups excluding carboxylic acids is 2. The highest BCUT2D eigenvalue weighted by molar-refractivity contribution is 5.77. The van der Waals surface area contributed by atoms with Crippen molar-refractivity contribution in [1.82, 2.24) is 0 Å². The second-order valence-corrected chi connectivity index (χ2v) is 5.23. The van der Waals surface area contributed by atoms with Gasteiger partial charge >= 0.3 is 5.97 Å². The monoisotopic (exact) mass is 324 g/mol. The maximum atomic E-state index is 12.1. The van der Waals surface area contributed by atoms with Crippen molar-refractivity contribution in [3.05, 3.63) is 0 Å². The van der Waals surface area contributed by atoms with Crippen molar-refractivity contribution in [2.75, 3.05) is 19.8 Å². The Morgan fingerprint density at radius 2 is 2.05 bits per heavy atom. The fourth-order valence-corrected chi connectivity index (χ4v) is 1.88. The Bertz CT molecular complexity index is 388. The lowest BCUT2D eigenvalue weighted by Gasteiger charge is -2.29. The van der Waals surface area contributed by atoms with Gasteiger partial charge in [-0.2, -0.15) is 0 Å². The molecular formula is C12H20O10. The minimum absolute atomic E-state index is 0.0940. The molecule has 0 saturated carbocycles. The fourth-order valence-electron chi connectivity index (χ4n) is 1.88. The van der Waals surface area contributed by atoms with Gasteiger partial charge < -0.3 is 39.7 Å². The largest absolute Gasteiger partial charge is 0.467 e. The Morgan fingerprint density at radius 1 is 1.41 bits per heavy atom. The summed E-state index contributed by atoms with van der Waals surface area (Å²) in [6.45, 7) is -0.570. The van der Waals surface area contributed by atoms with Crippen molar-refractivity contribution < 1.29 is 49.3 Å².